The fourth-order valence-corrected chi connectivity index (χ4v) is 3.09. The molecule has 1 amide bonds. The second-order valence-electron chi connectivity index (χ2n) is 5.72. The van der Waals surface area contributed by atoms with Crippen molar-refractivity contribution < 1.29 is 4.79 Å². The number of aromatic nitrogens is 1. The molecule has 4 rings (SSSR count). The quantitative estimate of drug-likeness (QED) is 0.612. The van der Waals surface area contributed by atoms with E-state index in [1.807, 2.05) is 12.1 Å². The molecule has 4 aromatic rings. The number of nitrogens with two attached hydrogens (primary N) is 1. The van der Waals surface area contributed by atoms with Crippen molar-refractivity contribution in [2.75, 3.05) is 0 Å². The third-order valence-corrected chi connectivity index (χ3v) is 4.28. The van der Waals surface area contributed by atoms with Crippen LogP contribution in [0.1, 0.15) is 15.9 Å². The van der Waals surface area contributed by atoms with Crippen molar-refractivity contribution in [1.29, 1.82) is 0 Å². The molecule has 0 aliphatic heterocycles. The van der Waals surface area contributed by atoms with E-state index in [-0.39, 0.29) is 0 Å². The molecular weight excluding hydrogens is 284 g/mol. The van der Waals surface area contributed by atoms with Gasteiger partial charge in [0.15, 0.2) is 0 Å². The van der Waals surface area contributed by atoms with Gasteiger partial charge in [0.1, 0.15) is 0 Å². The number of hydrogen-bond acceptors (Lipinski definition) is 1. The molecule has 1 aromatic heterocycles. The van der Waals surface area contributed by atoms with E-state index in [9.17, 15) is 4.79 Å². The Kier molecular flexibility index (Phi) is 3.12. The van der Waals surface area contributed by atoms with E-state index in [1.54, 1.807) is 6.07 Å². The maximum absolute atomic E-state index is 11.4. The number of carbonyl (C=O) groups is 1. The minimum absolute atomic E-state index is 0.398. The van der Waals surface area contributed by atoms with Gasteiger partial charge in [0, 0.05) is 23.8 Å². The van der Waals surface area contributed by atoms with Gasteiger partial charge in [-0.05, 0) is 39.9 Å². The Morgan fingerprint density at radius 2 is 1.74 bits per heavy atom. The molecule has 0 spiro atoms. The summed E-state index contributed by atoms with van der Waals surface area (Å²) in [5, 5.41) is 3.59. The van der Waals surface area contributed by atoms with E-state index < -0.39 is 5.91 Å². The third-order valence-electron chi connectivity index (χ3n) is 4.28. The summed E-state index contributed by atoms with van der Waals surface area (Å²) in [4.78, 5) is 11.4. The number of amides is 1. The van der Waals surface area contributed by atoms with Crippen molar-refractivity contribution in [3.05, 3.63) is 84.1 Å². The summed E-state index contributed by atoms with van der Waals surface area (Å²) in [5.41, 5.74) is 8.22. The van der Waals surface area contributed by atoms with Crippen molar-refractivity contribution in [2.24, 2.45) is 5.73 Å². The molecule has 0 atom stereocenters. The van der Waals surface area contributed by atoms with Gasteiger partial charge < -0.3 is 10.3 Å². The molecule has 0 saturated heterocycles. The molecule has 0 saturated carbocycles. The smallest absolute Gasteiger partial charge is 0.248 e. The second kappa shape index (κ2) is 5.29. The van der Waals surface area contributed by atoms with Gasteiger partial charge in [-0.2, -0.15) is 0 Å². The van der Waals surface area contributed by atoms with Crippen molar-refractivity contribution in [2.45, 2.75) is 6.54 Å². The van der Waals surface area contributed by atoms with Crippen molar-refractivity contribution in [3.63, 3.8) is 0 Å². The number of rotatable bonds is 3. The Bertz CT molecular complexity index is 1020. The Morgan fingerprint density at radius 3 is 2.61 bits per heavy atom. The molecule has 0 aliphatic rings. The molecule has 3 nitrogen and oxygen atoms in total. The molecule has 2 N–H and O–H groups in total. The van der Waals surface area contributed by atoms with Crippen molar-refractivity contribution in [3.8, 4) is 0 Å². The highest BCUT2D eigenvalue weighted by Crippen LogP contribution is 2.23. The van der Waals surface area contributed by atoms with E-state index in [1.165, 1.54) is 16.3 Å². The first-order valence-electron chi connectivity index (χ1n) is 7.58. The Labute approximate surface area is 134 Å². The number of hydrogen-bond donors (Lipinski definition) is 1. The summed E-state index contributed by atoms with van der Waals surface area (Å²) in [6, 6.07) is 22.4. The van der Waals surface area contributed by atoms with Crippen LogP contribution in [0.2, 0.25) is 0 Å². The topological polar surface area (TPSA) is 48.0 Å². The van der Waals surface area contributed by atoms with Gasteiger partial charge in [-0.25, -0.2) is 0 Å². The van der Waals surface area contributed by atoms with Crippen LogP contribution < -0.4 is 5.73 Å². The standard InChI is InChI=1S/C20H16N2O/c21-20(23)16-9-8-15-10-11-22(19(15)12-16)13-17-6-3-5-14-4-1-2-7-18(14)17/h1-12H,13H2,(H2,21,23). The maximum Gasteiger partial charge on any atom is 0.248 e. The fraction of sp³-hybridized carbons (Fsp3) is 0.0500. The van der Waals surface area contributed by atoms with Gasteiger partial charge in [0.2, 0.25) is 5.91 Å². The highest BCUT2D eigenvalue weighted by Gasteiger charge is 2.07. The number of benzene rings is 3. The molecule has 3 heteroatoms. The van der Waals surface area contributed by atoms with Crippen LogP contribution in [0, 0.1) is 0 Å². The highest BCUT2D eigenvalue weighted by molar-refractivity contribution is 5.97. The molecule has 1 heterocycles. The SMILES string of the molecule is NC(=O)c1ccc2ccn(Cc3cccc4ccccc34)c2c1. The lowest BCUT2D eigenvalue weighted by atomic mass is 10.0. The average Bonchev–Trinajstić information content (AvgIpc) is 2.97. The highest BCUT2D eigenvalue weighted by atomic mass is 16.1. The molecule has 3 aromatic carbocycles. The molecule has 112 valence electrons. The van der Waals surface area contributed by atoms with E-state index in [0.29, 0.717) is 5.56 Å². The minimum Gasteiger partial charge on any atom is -0.366 e. The van der Waals surface area contributed by atoms with Crippen LogP contribution in [-0.4, -0.2) is 10.5 Å². The van der Waals surface area contributed by atoms with Crippen LogP contribution in [-0.2, 0) is 6.54 Å². The molecule has 23 heavy (non-hydrogen) atoms. The van der Waals surface area contributed by atoms with E-state index in [4.69, 9.17) is 5.73 Å². The van der Waals surface area contributed by atoms with Crippen LogP contribution in [0.25, 0.3) is 21.7 Å². The summed E-state index contributed by atoms with van der Waals surface area (Å²) in [7, 11) is 0. The number of nitrogens with zero attached hydrogens (tertiary/aromatic N) is 1. The first-order valence-corrected chi connectivity index (χ1v) is 7.58. The predicted octanol–water partition coefficient (Wildman–Crippen LogP) is 3.94. The Hall–Kier alpha value is -3.07. The van der Waals surface area contributed by atoms with Crippen LogP contribution in [0.4, 0.5) is 0 Å². The normalized spacial score (nSPS) is 11.1. The number of primary amides is 1. The second-order valence-corrected chi connectivity index (χ2v) is 5.72. The first kappa shape index (κ1) is 13.6. The van der Waals surface area contributed by atoms with Gasteiger partial charge in [0.25, 0.3) is 0 Å². The zero-order chi connectivity index (χ0) is 15.8. The van der Waals surface area contributed by atoms with E-state index >= 15 is 0 Å². The summed E-state index contributed by atoms with van der Waals surface area (Å²) in [6.07, 6.45) is 2.05. The third kappa shape index (κ3) is 2.36. The molecule has 0 bridgehead atoms. The lowest BCUT2D eigenvalue weighted by molar-refractivity contribution is 0.100. The predicted molar refractivity (Wildman–Crippen MR) is 93.5 cm³/mol. The fourth-order valence-electron chi connectivity index (χ4n) is 3.09. The van der Waals surface area contributed by atoms with Crippen LogP contribution in [0.5, 0.6) is 0 Å². The Morgan fingerprint density at radius 1 is 0.913 bits per heavy atom. The lowest BCUT2D eigenvalue weighted by Crippen LogP contribution is -2.10. The van der Waals surface area contributed by atoms with E-state index in [0.717, 1.165) is 17.4 Å². The summed E-state index contributed by atoms with van der Waals surface area (Å²) >= 11 is 0. The van der Waals surface area contributed by atoms with Crippen molar-refractivity contribution >= 4 is 27.6 Å². The molecule has 0 unspecified atom stereocenters. The first-order chi connectivity index (χ1) is 11.2. The molecule has 0 fully saturated rings. The monoisotopic (exact) mass is 300 g/mol. The van der Waals surface area contributed by atoms with Gasteiger partial charge in [-0.15, -0.1) is 0 Å². The van der Waals surface area contributed by atoms with Gasteiger partial charge in [-0.3, -0.25) is 4.79 Å². The largest absolute Gasteiger partial charge is 0.366 e. The van der Waals surface area contributed by atoms with Crippen molar-refractivity contribution in [1.82, 2.24) is 4.57 Å². The zero-order valence-corrected chi connectivity index (χ0v) is 12.6. The number of carbonyl (C=O) groups excluding carboxylic acids is 1. The molecular formula is C20H16N2O. The summed E-state index contributed by atoms with van der Waals surface area (Å²) in [5.74, 6) is -0.398. The Balaban J connectivity index is 1.83. The molecule has 0 aliphatic carbocycles. The van der Waals surface area contributed by atoms with E-state index in [2.05, 4.69) is 59.3 Å². The summed E-state index contributed by atoms with van der Waals surface area (Å²) in [6.45, 7) is 0.757. The molecule has 0 radical (unpaired) electrons. The minimum atomic E-state index is -0.398. The lowest BCUT2D eigenvalue weighted by Gasteiger charge is -2.09. The number of fused-ring (bicyclic) bond motifs is 2. The van der Waals surface area contributed by atoms with Gasteiger partial charge in [0.05, 0.1) is 0 Å². The summed E-state index contributed by atoms with van der Waals surface area (Å²) < 4.78 is 2.16. The maximum atomic E-state index is 11.4. The van der Waals surface area contributed by atoms with Gasteiger partial charge in [-0.1, -0.05) is 48.5 Å². The zero-order valence-electron chi connectivity index (χ0n) is 12.6. The van der Waals surface area contributed by atoms with Crippen LogP contribution in [0.3, 0.4) is 0 Å². The van der Waals surface area contributed by atoms with Gasteiger partial charge >= 0.3 is 0 Å². The average molecular weight is 300 g/mol. The van der Waals surface area contributed by atoms with Crippen LogP contribution >= 0.6 is 0 Å². The van der Waals surface area contributed by atoms with Crippen LogP contribution in [0.15, 0.2) is 72.9 Å².